The maximum atomic E-state index is 11.3. The van der Waals surface area contributed by atoms with Crippen molar-refractivity contribution < 1.29 is 9.72 Å². The second-order valence-electron chi connectivity index (χ2n) is 4.03. The van der Waals surface area contributed by atoms with E-state index in [-0.39, 0.29) is 11.5 Å². The van der Waals surface area contributed by atoms with Crippen molar-refractivity contribution >= 4 is 39.2 Å². The van der Waals surface area contributed by atoms with Crippen molar-refractivity contribution in [2.75, 3.05) is 0 Å². The number of Topliss-reactive ketones (excluding diaryl/α,β-unsaturated/α-hetero) is 1. The van der Waals surface area contributed by atoms with Gasteiger partial charge in [0.05, 0.1) is 9.82 Å². The topological polar surface area (TPSA) is 60.2 Å². The maximum Gasteiger partial charge on any atom is 0.283 e. The molecule has 0 fully saturated rings. The summed E-state index contributed by atoms with van der Waals surface area (Å²) in [4.78, 5) is 23.4. The van der Waals surface area contributed by atoms with E-state index >= 15 is 0 Å². The molecule has 102 valence electrons. The standard InChI is InChI=1S/C14H10BrNO3S/c1-9(17)10-6-7-14(12(8-10)16(18)19)20-13-5-3-2-4-11(13)15/h2-8H,1H3. The van der Waals surface area contributed by atoms with E-state index in [9.17, 15) is 14.9 Å². The molecule has 2 aromatic rings. The zero-order valence-corrected chi connectivity index (χ0v) is 12.9. The van der Waals surface area contributed by atoms with E-state index in [1.807, 2.05) is 24.3 Å². The predicted molar refractivity (Wildman–Crippen MR) is 81.4 cm³/mol. The highest BCUT2D eigenvalue weighted by atomic mass is 79.9. The number of benzene rings is 2. The molecule has 20 heavy (non-hydrogen) atoms. The summed E-state index contributed by atoms with van der Waals surface area (Å²) in [7, 11) is 0. The summed E-state index contributed by atoms with van der Waals surface area (Å²) in [6, 6.07) is 12.0. The lowest BCUT2D eigenvalue weighted by Crippen LogP contribution is -1.97. The Hall–Kier alpha value is -1.66. The molecule has 0 radical (unpaired) electrons. The zero-order chi connectivity index (χ0) is 14.7. The highest BCUT2D eigenvalue weighted by Crippen LogP contribution is 2.38. The molecule has 0 bridgehead atoms. The van der Waals surface area contributed by atoms with Gasteiger partial charge in [-0.2, -0.15) is 0 Å². The normalized spacial score (nSPS) is 10.3. The first kappa shape index (κ1) is 14.7. The Bertz CT molecular complexity index is 688. The molecule has 2 aromatic carbocycles. The Kier molecular flexibility index (Phi) is 4.57. The van der Waals surface area contributed by atoms with Crippen LogP contribution in [0.15, 0.2) is 56.7 Å². The molecule has 2 rings (SSSR count). The molecule has 4 nitrogen and oxygen atoms in total. The molecule has 0 aromatic heterocycles. The van der Waals surface area contributed by atoms with Crippen molar-refractivity contribution in [2.45, 2.75) is 16.7 Å². The Balaban J connectivity index is 2.44. The molecule has 0 aliphatic rings. The van der Waals surface area contributed by atoms with Crippen molar-refractivity contribution in [2.24, 2.45) is 0 Å². The van der Waals surface area contributed by atoms with E-state index in [4.69, 9.17) is 0 Å². The summed E-state index contributed by atoms with van der Waals surface area (Å²) in [6.07, 6.45) is 0. The minimum atomic E-state index is -0.467. The van der Waals surface area contributed by atoms with Crippen LogP contribution < -0.4 is 0 Å². The summed E-state index contributed by atoms with van der Waals surface area (Å²) in [5, 5.41) is 11.1. The summed E-state index contributed by atoms with van der Waals surface area (Å²) in [6.45, 7) is 1.39. The summed E-state index contributed by atoms with van der Waals surface area (Å²) >= 11 is 4.70. The summed E-state index contributed by atoms with van der Waals surface area (Å²) in [5.74, 6) is -0.189. The van der Waals surface area contributed by atoms with Crippen LogP contribution in [0.1, 0.15) is 17.3 Å². The third kappa shape index (κ3) is 3.26. The minimum Gasteiger partial charge on any atom is -0.295 e. The molecule has 0 spiro atoms. The first-order valence-electron chi connectivity index (χ1n) is 5.71. The van der Waals surface area contributed by atoms with E-state index in [0.717, 1.165) is 9.37 Å². The second-order valence-corrected chi connectivity index (χ2v) is 5.97. The van der Waals surface area contributed by atoms with Crippen LogP contribution in [0.3, 0.4) is 0 Å². The summed E-state index contributed by atoms with van der Waals surface area (Å²) in [5.41, 5.74) is 0.284. The van der Waals surface area contributed by atoms with Gasteiger partial charge in [0.1, 0.15) is 0 Å². The molecular weight excluding hydrogens is 342 g/mol. The predicted octanol–water partition coefficient (Wildman–Crippen LogP) is 4.71. The van der Waals surface area contributed by atoms with Crippen molar-refractivity contribution in [1.82, 2.24) is 0 Å². The van der Waals surface area contributed by atoms with E-state index in [1.54, 1.807) is 12.1 Å². The average Bonchev–Trinajstić information content (AvgIpc) is 2.41. The molecule has 6 heteroatoms. The van der Waals surface area contributed by atoms with E-state index < -0.39 is 4.92 Å². The fraction of sp³-hybridized carbons (Fsp3) is 0.0714. The Morgan fingerprint density at radius 2 is 1.90 bits per heavy atom. The Morgan fingerprint density at radius 3 is 2.50 bits per heavy atom. The van der Waals surface area contributed by atoms with Gasteiger partial charge in [0.15, 0.2) is 5.78 Å². The minimum absolute atomic E-state index is 0.0570. The monoisotopic (exact) mass is 351 g/mol. The Morgan fingerprint density at radius 1 is 1.20 bits per heavy atom. The second kappa shape index (κ2) is 6.19. The number of rotatable bonds is 4. The van der Waals surface area contributed by atoms with Crippen molar-refractivity contribution in [3.8, 4) is 0 Å². The smallest absolute Gasteiger partial charge is 0.283 e. The molecule has 0 atom stereocenters. The van der Waals surface area contributed by atoms with Crippen molar-refractivity contribution in [3.63, 3.8) is 0 Å². The van der Waals surface area contributed by atoms with E-state index in [0.29, 0.717) is 10.5 Å². The first-order chi connectivity index (χ1) is 9.49. The van der Waals surface area contributed by atoms with E-state index in [1.165, 1.54) is 24.8 Å². The SMILES string of the molecule is CC(=O)c1ccc(Sc2ccccc2Br)c([N+](=O)[O-])c1. The largest absolute Gasteiger partial charge is 0.295 e. The lowest BCUT2D eigenvalue weighted by molar-refractivity contribution is -0.387. The van der Waals surface area contributed by atoms with Crippen molar-refractivity contribution in [1.29, 1.82) is 0 Å². The van der Waals surface area contributed by atoms with Gasteiger partial charge in [-0.1, -0.05) is 23.9 Å². The molecule has 0 saturated carbocycles. The van der Waals surface area contributed by atoms with Gasteiger partial charge < -0.3 is 0 Å². The number of ketones is 1. The van der Waals surface area contributed by atoms with E-state index in [2.05, 4.69) is 15.9 Å². The third-order valence-corrected chi connectivity index (χ3v) is 4.71. The number of nitro benzene ring substituents is 1. The summed E-state index contributed by atoms with van der Waals surface area (Å²) < 4.78 is 0.870. The van der Waals surface area contributed by atoms with Gasteiger partial charge in [-0.25, -0.2) is 0 Å². The van der Waals surface area contributed by atoms with Crippen molar-refractivity contribution in [3.05, 3.63) is 62.6 Å². The molecule has 0 aliphatic carbocycles. The first-order valence-corrected chi connectivity index (χ1v) is 7.31. The van der Waals surface area contributed by atoms with Gasteiger partial charge in [0, 0.05) is 21.0 Å². The van der Waals surface area contributed by atoms with Crippen LogP contribution in [0.4, 0.5) is 5.69 Å². The molecule has 0 N–H and O–H groups in total. The number of nitro groups is 1. The van der Waals surface area contributed by atoms with Crippen LogP contribution in [0, 0.1) is 10.1 Å². The number of hydrogen-bond acceptors (Lipinski definition) is 4. The lowest BCUT2D eigenvalue weighted by atomic mass is 10.1. The number of carbonyl (C=O) groups is 1. The van der Waals surface area contributed by atoms with Gasteiger partial charge in [-0.3, -0.25) is 14.9 Å². The van der Waals surface area contributed by atoms with Gasteiger partial charge in [0.25, 0.3) is 5.69 Å². The fourth-order valence-corrected chi connectivity index (χ4v) is 3.06. The average molecular weight is 352 g/mol. The fourth-order valence-electron chi connectivity index (χ4n) is 1.61. The zero-order valence-electron chi connectivity index (χ0n) is 10.5. The number of halogens is 1. The molecule has 0 unspecified atom stereocenters. The maximum absolute atomic E-state index is 11.3. The number of nitrogens with zero attached hydrogens (tertiary/aromatic N) is 1. The van der Waals surface area contributed by atoms with Crippen LogP contribution >= 0.6 is 27.7 Å². The molecule has 0 aliphatic heterocycles. The lowest BCUT2D eigenvalue weighted by Gasteiger charge is -2.06. The highest BCUT2D eigenvalue weighted by Gasteiger charge is 2.17. The van der Waals surface area contributed by atoms with Crippen LogP contribution in [0.2, 0.25) is 0 Å². The van der Waals surface area contributed by atoms with Crippen LogP contribution in [-0.4, -0.2) is 10.7 Å². The van der Waals surface area contributed by atoms with Gasteiger partial charge in [0.2, 0.25) is 0 Å². The molecule has 0 heterocycles. The third-order valence-electron chi connectivity index (χ3n) is 2.62. The Labute approximate surface area is 128 Å². The molecule has 0 amide bonds. The number of carbonyl (C=O) groups excluding carboxylic acids is 1. The highest BCUT2D eigenvalue weighted by molar-refractivity contribution is 9.10. The van der Waals surface area contributed by atoms with Gasteiger partial charge in [-0.05, 0) is 47.1 Å². The van der Waals surface area contributed by atoms with Crippen LogP contribution in [-0.2, 0) is 0 Å². The molecular formula is C14H10BrNO3S. The molecule has 0 saturated heterocycles. The number of hydrogen-bond donors (Lipinski definition) is 0. The van der Waals surface area contributed by atoms with Crippen LogP contribution in [0.5, 0.6) is 0 Å². The quantitative estimate of drug-likeness (QED) is 0.454. The van der Waals surface area contributed by atoms with Crippen LogP contribution in [0.25, 0.3) is 0 Å². The van der Waals surface area contributed by atoms with Gasteiger partial charge in [-0.15, -0.1) is 0 Å². The van der Waals surface area contributed by atoms with Gasteiger partial charge >= 0.3 is 0 Å².